The first kappa shape index (κ1) is 10.1. The monoisotopic (exact) mass is 222 g/mol. The van der Waals surface area contributed by atoms with E-state index in [1.807, 2.05) is 0 Å². The van der Waals surface area contributed by atoms with Gasteiger partial charge in [-0.05, 0) is 6.42 Å². The molecule has 0 fully saturated rings. The van der Waals surface area contributed by atoms with Gasteiger partial charge in [0, 0.05) is 11.6 Å². The molecule has 0 unspecified atom stereocenters. The van der Waals surface area contributed by atoms with Gasteiger partial charge in [0.05, 0.1) is 11.2 Å². The molecule has 0 saturated heterocycles. The second-order valence-corrected chi connectivity index (χ2v) is 3.94. The highest BCUT2D eigenvalue weighted by molar-refractivity contribution is 7.99. The zero-order valence-electron chi connectivity index (χ0n) is 6.33. The molecule has 5 heteroatoms. The average Bonchev–Trinajstić information content (AvgIpc) is 2.09. The van der Waals surface area contributed by atoms with Crippen LogP contribution in [0.3, 0.4) is 0 Å². The van der Waals surface area contributed by atoms with Gasteiger partial charge in [0.2, 0.25) is 0 Å². The van der Waals surface area contributed by atoms with Crippen molar-refractivity contribution in [3.8, 4) is 0 Å². The first-order valence-corrected chi connectivity index (χ1v) is 5.38. The van der Waals surface area contributed by atoms with E-state index in [-0.39, 0.29) is 0 Å². The van der Waals surface area contributed by atoms with E-state index >= 15 is 0 Å². The van der Waals surface area contributed by atoms with E-state index in [2.05, 4.69) is 9.97 Å². The molecule has 1 rings (SSSR count). The Hall–Kier alpha value is 0.01000. The fourth-order valence-corrected chi connectivity index (χ4v) is 1.99. The van der Waals surface area contributed by atoms with Crippen LogP contribution in [0.1, 0.15) is 6.42 Å². The summed E-state index contributed by atoms with van der Waals surface area (Å²) in [7, 11) is 0. The molecule has 66 valence electrons. The standard InChI is InChI=1S/C7H8Cl2N2S/c8-2-1-3-12-7-6(9)4-10-5-11-7/h4-5H,1-3H2. The fraction of sp³-hybridized carbons (Fsp3) is 0.429. The summed E-state index contributed by atoms with van der Waals surface area (Å²) in [5.41, 5.74) is 0. The third kappa shape index (κ3) is 3.17. The van der Waals surface area contributed by atoms with Crippen LogP contribution in [0.5, 0.6) is 0 Å². The lowest BCUT2D eigenvalue weighted by molar-refractivity contribution is 1.04. The van der Waals surface area contributed by atoms with E-state index in [9.17, 15) is 0 Å². The van der Waals surface area contributed by atoms with Gasteiger partial charge in [-0.25, -0.2) is 9.97 Å². The van der Waals surface area contributed by atoms with E-state index in [1.54, 1.807) is 18.0 Å². The summed E-state index contributed by atoms with van der Waals surface area (Å²) in [6.45, 7) is 0. The Kier molecular flexibility index (Phi) is 4.73. The smallest absolute Gasteiger partial charge is 0.118 e. The highest BCUT2D eigenvalue weighted by Gasteiger charge is 2.00. The average molecular weight is 223 g/mol. The van der Waals surface area contributed by atoms with Crippen LogP contribution in [0.25, 0.3) is 0 Å². The molecule has 0 spiro atoms. The van der Waals surface area contributed by atoms with Crippen LogP contribution in [0.4, 0.5) is 0 Å². The second-order valence-electron chi connectivity index (χ2n) is 2.07. The van der Waals surface area contributed by atoms with Crippen LogP contribution in [0, 0.1) is 0 Å². The van der Waals surface area contributed by atoms with Gasteiger partial charge in [0.1, 0.15) is 11.4 Å². The van der Waals surface area contributed by atoms with E-state index in [0.29, 0.717) is 10.9 Å². The van der Waals surface area contributed by atoms with Gasteiger partial charge in [-0.15, -0.1) is 23.4 Å². The van der Waals surface area contributed by atoms with E-state index < -0.39 is 0 Å². The number of hydrogen-bond donors (Lipinski definition) is 0. The highest BCUT2D eigenvalue weighted by atomic mass is 35.5. The molecule has 0 atom stereocenters. The molecule has 0 bridgehead atoms. The first-order valence-electron chi connectivity index (χ1n) is 3.49. The molecule has 0 saturated carbocycles. The zero-order chi connectivity index (χ0) is 8.81. The minimum Gasteiger partial charge on any atom is -0.243 e. The summed E-state index contributed by atoms with van der Waals surface area (Å²) >= 11 is 13.0. The van der Waals surface area contributed by atoms with Crippen molar-refractivity contribution < 1.29 is 0 Å². The van der Waals surface area contributed by atoms with Gasteiger partial charge in [0.15, 0.2) is 0 Å². The number of rotatable bonds is 4. The largest absolute Gasteiger partial charge is 0.243 e. The van der Waals surface area contributed by atoms with Crippen molar-refractivity contribution in [2.24, 2.45) is 0 Å². The van der Waals surface area contributed by atoms with Crippen molar-refractivity contribution >= 4 is 35.0 Å². The third-order valence-electron chi connectivity index (χ3n) is 1.15. The number of halogens is 2. The zero-order valence-corrected chi connectivity index (χ0v) is 8.66. The third-order valence-corrected chi connectivity index (χ3v) is 2.90. The van der Waals surface area contributed by atoms with E-state index in [4.69, 9.17) is 23.2 Å². The number of aromatic nitrogens is 2. The molecule has 0 radical (unpaired) electrons. The van der Waals surface area contributed by atoms with Crippen molar-refractivity contribution in [2.75, 3.05) is 11.6 Å². The number of nitrogens with zero attached hydrogens (tertiary/aromatic N) is 2. The number of alkyl halides is 1. The molecule has 0 aliphatic carbocycles. The fourth-order valence-electron chi connectivity index (χ4n) is 0.631. The molecule has 0 aromatic carbocycles. The first-order chi connectivity index (χ1) is 5.84. The minimum atomic E-state index is 0.608. The van der Waals surface area contributed by atoms with Gasteiger partial charge in [-0.1, -0.05) is 11.6 Å². The maximum Gasteiger partial charge on any atom is 0.118 e. The summed E-state index contributed by atoms with van der Waals surface area (Å²) in [6.07, 6.45) is 4.05. The molecule has 12 heavy (non-hydrogen) atoms. The molecule has 0 aliphatic heterocycles. The lowest BCUT2D eigenvalue weighted by Crippen LogP contribution is -1.86. The van der Waals surface area contributed by atoms with Gasteiger partial charge < -0.3 is 0 Å². The van der Waals surface area contributed by atoms with Crippen molar-refractivity contribution in [3.63, 3.8) is 0 Å². The predicted molar refractivity (Wildman–Crippen MR) is 53.1 cm³/mol. The molecule has 2 nitrogen and oxygen atoms in total. The summed E-state index contributed by atoms with van der Waals surface area (Å²) in [6, 6.07) is 0. The van der Waals surface area contributed by atoms with Gasteiger partial charge in [-0.2, -0.15) is 0 Å². The molecule has 1 heterocycles. The summed E-state index contributed by atoms with van der Waals surface area (Å²) in [5, 5.41) is 1.44. The van der Waals surface area contributed by atoms with Crippen LogP contribution in [0.2, 0.25) is 5.02 Å². The number of thioether (sulfide) groups is 1. The quantitative estimate of drug-likeness (QED) is 0.339. The SMILES string of the molecule is ClCCCSc1ncncc1Cl. The van der Waals surface area contributed by atoms with Crippen LogP contribution in [-0.4, -0.2) is 21.6 Å². The Labute approximate surface area is 85.7 Å². The van der Waals surface area contributed by atoms with Crippen LogP contribution >= 0.6 is 35.0 Å². The van der Waals surface area contributed by atoms with Gasteiger partial charge in [-0.3, -0.25) is 0 Å². The van der Waals surface area contributed by atoms with E-state index in [1.165, 1.54) is 6.33 Å². The molecular weight excluding hydrogens is 215 g/mol. The predicted octanol–water partition coefficient (Wildman–Crippen LogP) is 2.85. The Bertz CT molecular complexity index is 245. The van der Waals surface area contributed by atoms with Crippen molar-refractivity contribution in [3.05, 3.63) is 17.5 Å². The van der Waals surface area contributed by atoms with Gasteiger partial charge >= 0.3 is 0 Å². The Balaban J connectivity index is 2.46. The van der Waals surface area contributed by atoms with Crippen LogP contribution in [-0.2, 0) is 0 Å². The maximum absolute atomic E-state index is 5.82. The minimum absolute atomic E-state index is 0.608. The molecular formula is C7H8Cl2N2S. The van der Waals surface area contributed by atoms with Gasteiger partial charge in [0.25, 0.3) is 0 Å². The molecule has 0 amide bonds. The van der Waals surface area contributed by atoms with Crippen LogP contribution < -0.4 is 0 Å². The van der Waals surface area contributed by atoms with Crippen molar-refractivity contribution in [1.29, 1.82) is 0 Å². The second kappa shape index (κ2) is 5.62. The van der Waals surface area contributed by atoms with Crippen LogP contribution in [0.15, 0.2) is 17.6 Å². The topological polar surface area (TPSA) is 25.8 Å². The molecule has 1 aromatic rings. The normalized spacial score (nSPS) is 10.2. The van der Waals surface area contributed by atoms with E-state index in [0.717, 1.165) is 17.2 Å². The summed E-state index contributed by atoms with van der Waals surface area (Å²) in [4.78, 5) is 7.82. The Morgan fingerprint density at radius 3 is 3.00 bits per heavy atom. The molecule has 0 aliphatic rings. The molecule has 0 N–H and O–H groups in total. The highest BCUT2D eigenvalue weighted by Crippen LogP contribution is 2.23. The van der Waals surface area contributed by atoms with Crippen molar-refractivity contribution in [2.45, 2.75) is 11.4 Å². The lowest BCUT2D eigenvalue weighted by Gasteiger charge is -1.99. The number of hydrogen-bond acceptors (Lipinski definition) is 3. The lowest BCUT2D eigenvalue weighted by atomic mass is 10.6. The summed E-state index contributed by atoms with van der Waals surface area (Å²) < 4.78 is 0. The Morgan fingerprint density at radius 2 is 2.33 bits per heavy atom. The summed E-state index contributed by atoms with van der Waals surface area (Å²) in [5.74, 6) is 1.62. The molecule has 1 aromatic heterocycles. The maximum atomic E-state index is 5.82. The Morgan fingerprint density at radius 1 is 1.50 bits per heavy atom. The van der Waals surface area contributed by atoms with Crippen molar-refractivity contribution in [1.82, 2.24) is 9.97 Å².